The predicted molar refractivity (Wildman–Crippen MR) is 97.6 cm³/mol. The van der Waals surface area contributed by atoms with E-state index < -0.39 is 71.8 Å². The topological polar surface area (TPSA) is 299 Å². The summed E-state index contributed by atoms with van der Waals surface area (Å²) in [7, 11) is -16.9. The van der Waals surface area contributed by atoms with Crippen molar-refractivity contribution >= 4 is 29.5 Å². The number of aromatic nitrogens is 2. The van der Waals surface area contributed by atoms with Crippen LogP contribution in [0.15, 0.2) is 21.9 Å². The number of nitrogens with zero attached hydrogens (tertiary/aromatic N) is 1. The molecule has 19 nitrogen and oxygen atoms in total. The molecule has 2 amide bonds. The summed E-state index contributed by atoms with van der Waals surface area (Å²) >= 11 is 0. The van der Waals surface area contributed by atoms with Gasteiger partial charge in [-0.2, -0.15) is 8.62 Å². The van der Waals surface area contributed by atoms with Crippen LogP contribution in [0.4, 0.5) is 4.79 Å². The minimum absolute atomic E-state index is 0.746. The van der Waals surface area contributed by atoms with Crippen LogP contribution in [0.2, 0.25) is 0 Å². The van der Waals surface area contributed by atoms with E-state index in [0.717, 1.165) is 16.8 Å². The summed E-state index contributed by atoms with van der Waals surface area (Å²) in [5.41, 5.74) is 3.23. The molecule has 1 fully saturated rings. The average Bonchev–Trinajstić information content (AvgIpc) is 2.85. The number of aliphatic hydroxyl groups excluding tert-OH is 1. The minimum atomic E-state index is -5.77. The second-order valence-electron chi connectivity index (χ2n) is 5.99. The Kier molecular flexibility index (Phi) is 7.99. The number of aliphatic hydroxyl groups is 1. The van der Waals surface area contributed by atoms with Gasteiger partial charge in [0.15, 0.2) is 6.23 Å². The van der Waals surface area contributed by atoms with Gasteiger partial charge in [-0.1, -0.05) is 0 Å². The van der Waals surface area contributed by atoms with Gasteiger partial charge in [0.2, 0.25) is 0 Å². The third-order valence-corrected chi connectivity index (χ3v) is 7.43. The zero-order valence-electron chi connectivity index (χ0n) is 15.4. The van der Waals surface area contributed by atoms with Gasteiger partial charge in [0, 0.05) is 12.3 Å². The second-order valence-corrected chi connectivity index (χ2v) is 10.4. The van der Waals surface area contributed by atoms with Crippen LogP contribution in [0.25, 0.3) is 0 Å². The van der Waals surface area contributed by atoms with E-state index >= 15 is 0 Å². The Morgan fingerprint density at radius 3 is 2.34 bits per heavy atom. The van der Waals surface area contributed by atoms with E-state index in [1.165, 1.54) is 0 Å². The van der Waals surface area contributed by atoms with Gasteiger partial charge in [-0.3, -0.25) is 18.9 Å². The molecule has 32 heavy (non-hydrogen) atoms. The van der Waals surface area contributed by atoms with E-state index in [4.69, 9.17) is 25.2 Å². The number of urea groups is 1. The number of H-pyrrole nitrogens is 1. The molecule has 0 saturated carbocycles. The fourth-order valence-electron chi connectivity index (χ4n) is 2.54. The molecule has 2 unspecified atom stereocenters. The van der Waals surface area contributed by atoms with E-state index in [2.05, 4.69) is 18.5 Å². The van der Waals surface area contributed by atoms with Crippen molar-refractivity contribution in [3.8, 4) is 0 Å². The monoisotopic (exact) mass is 526 g/mol. The van der Waals surface area contributed by atoms with Gasteiger partial charge < -0.3 is 40.5 Å². The summed E-state index contributed by atoms with van der Waals surface area (Å²) in [6.07, 6.45) is -3.89. The lowest BCUT2D eigenvalue weighted by Gasteiger charge is -2.21. The van der Waals surface area contributed by atoms with Crippen LogP contribution < -0.4 is 22.3 Å². The number of aromatic amines is 1. The number of nitrogens with one attached hydrogen (secondary N) is 2. The van der Waals surface area contributed by atoms with E-state index in [9.17, 15) is 38.1 Å². The van der Waals surface area contributed by atoms with E-state index in [1.54, 1.807) is 0 Å². The first-order chi connectivity index (χ1) is 14.5. The Bertz CT molecular complexity index is 1110. The molecule has 2 rings (SSSR count). The van der Waals surface area contributed by atoms with Gasteiger partial charge in [-0.05, 0) is 0 Å². The first-order valence-corrected chi connectivity index (χ1v) is 12.5. The first-order valence-electron chi connectivity index (χ1n) is 7.99. The molecule has 22 heteroatoms. The molecule has 0 aliphatic carbocycles. The van der Waals surface area contributed by atoms with Gasteiger partial charge in [0.1, 0.15) is 18.2 Å². The van der Waals surface area contributed by atoms with E-state index in [0.29, 0.717) is 0 Å². The number of amides is 2. The number of carbonyl (C=O) groups excluding carboxylic acids is 1. The summed E-state index contributed by atoms with van der Waals surface area (Å²) in [6, 6.07) is -1.68. The highest BCUT2D eigenvalue weighted by atomic mass is 31.3. The van der Waals surface area contributed by atoms with Gasteiger partial charge in [-0.25, -0.2) is 23.3 Å². The number of phosphoric acid groups is 3. The van der Waals surface area contributed by atoms with Gasteiger partial charge in [0.05, 0.1) is 6.61 Å². The van der Waals surface area contributed by atoms with Crippen molar-refractivity contribution in [2.24, 2.45) is 5.73 Å². The van der Waals surface area contributed by atoms with Gasteiger partial charge >= 0.3 is 35.2 Å². The summed E-state index contributed by atoms with van der Waals surface area (Å²) < 4.78 is 51.2. The third-order valence-electron chi connectivity index (χ3n) is 3.62. The molecule has 0 spiro atoms. The lowest BCUT2D eigenvalue weighted by molar-refractivity contribution is -0.0459. The lowest BCUT2D eigenvalue weighted by Crippen LogP contribution is -2.50. The zero-order valence-corrected chi connectivity index (χ0v) is 18.0. The normalized spacial score (nSPS) is 27.4. The van der Waals surface area contributed by atoms with Crippen LogP contribution in [0, 0.1) is 0 Å². The van der Waals surface area contributed by atoms with Crippen LogP contribution >= 0.6 is 23.5 Å². The Labute approximate surface area is 176 Å². The number of nitrogens with two attached hydrogens (primary N) is 1. The van der Waals surface area contributed by atoms with Crippen LogP contribution in [0.3, 0.4) is 0 Å². The van der Waals surface area contributed by atoms with Crippen molar-refractivity contribution in [2.75, 3.05) is 6.61 Å². The Balaban J connectivity index is 2.17. The van der Waals surface area contributed by atoms with E-state index in [-0.39, 0.29) is 0 Å². The van der Waals surface area contributed by atoms with Crippen molar-refractivity contribution in [2.45, 2.75) is 24.5 Å². The van der Waals surface area contributed by atoms with Crippen molar-refractivity contribution in [1.29, 1.82) is 0 Å². The molecule has 0 radical (unpaired) electrons. The third kappa shape index (κ3) is 7.41. The fourth-order valence-corrected chi connectivity index (χ4v) is 5.57. The number of carbonyl (C=O) groups is 1. The maximum Gasteiger partial charge on any atom is 0.490 e. The van der Waals surface area contributed by atoms with Gasteiger partial charge in [0.25, 0.3) is 5.56 Å². The summed E-state index contributed by atoms with van der Waals surface area (Å²) in [4.78, 5) is 71.9. The molecular weight excluding hydrogens is 509 g/mol. The Morgan fingerprint density at radius 2 is 1.81 bits per heavy atom. The number of hydrogen-bond donors (Lipinski definition) is 8. The highest BCUT2D eigenvalue weighted by Crippen LogP contribution is 2.66. The smallest absolute Gasteiger partial charge is 0.388 e. The Hall–Kier alpha value is -1.72. The fraction of sp³-hybridized carbons (Fsp3) is 0.500. The highest BCUT2D eigenvalue weighted by Gasteiger charge is 2.47. The number of rotatable bonds is 9. The van der Waals surface area contributed by atoms with Crippen molar-refractivity contribution in [3.05, 3.63) is 33.1 Å². The molecule has 1 aliphatic rings. The number of primary amides is 1. The summed E-state index contributed by atoms with van der Waals surface area (Å²) in [6.45, 7) is -1.07. The molecule has 182 valence electrons. The largest absolute Gasteiger partial charge is 0.490 e. The number of hydrogen-bond acceptors (Lipinski definition) is 11. The Morgan fingerprint density at radius 1 is 1.19 bits per heavy atom. The van der Waals surface area contributed by atoms with E-state index in [1.807, 2.05) is 4.98 Å². The maximum absolute atomic E-state index is 12.0. The highest BCUT2D eigenvalue weighted by molar-refractivity contribution is 7.66. The summed E-state index contributed by atoms with van der Waals surface area (Å²) in [5.74, 6) is 0. The molecule has 0 bridgehead atoms. The second kappa shape index (κ2) is 9.64. The standard InChI is InChI=1S/C10H17N4O15P3/c11-9(17)13-6-7(16)4(27-8(6)14-2-1-5(15)12-10(14)18)3-26-31(22,23)29-32(24,25)28-30(19,20)21/h1-2,4,6-8,16H,3H2,(H,22,23)(H,24,25)(H3,11,13,17)(H,12,15,18)(H2,19,20,21)/t4-,6-,7-,8-/m1/s1. The van der Waals surface area contributed by atoms with Crippen LogP contribution in [-0.4, -0.2) is 65.1 Å². The molecule has 9 N–H and O–H groups in total. The molecule has 1 aliphatic heterocycles. The first kappa shape index (κ1) is 26.5. The molecule has 6 atom stereocenters. The van der Waals surface area contributed by atoms with Crippen molar-refractivity contribution in [3.63, 3.8) is 0 Å². The predicted octanol–water partition coefficient (Wildman–Crippen LogP) is -2.82. The van der Waals surface area contributed by atoms with Crippen molar-refractivity contribution < 1.29 is 61.1 Å². The molecule has 0 aromatic carbocycles. The molecule has 1 saturated heterocycles. The average molecular weight is 526 g/mol. The quantitative estimate of drug-likeness (QED) is 0.150. The van der Waals surface area contributed by atoms with Crippen LogP contribution in [-0.2, 0) is 31.6 Å². The number of ether oxygens (including phenoxy) is 1. The molecule has 1 aromatic rings. The number of phosphoric ester groups is 1. The van der Waals surface area contributed by atoms with Crippen LogP contribution in [0.5, 0.6) is 0 Å². The molecule has 2 heterocycles. The SMILES string of the molecule is NC(=O)N[C@@H]1[C@H](O)[C@@H](COP(=O)(O)OP(=O)(O)OP(=O)(O)O)O[C@H]1n1ccc(=O)[nH]c1=O. The zero-order chi connectivity index (χ0) is 24.5. The van der Waals surface area contributed by atoms with Crippen molar-refractivity contribution in [1.82, 2.24) is 14.9 Å². The minimum Gasteiger partial charge on any atom is -0.388 e. The van der Waals surface area contributed by atoms with Gasteiger partial charge in [-0.15, -0.1) is 0 Å². The molecule has 1 aromatic heterocycles. The van der Waals surface area contributed by atoms with Crippen LogP contribution in [0.1, 0.15) is 6.23 Å². The molecular formula is C10H17N4O15P3. The summed E-state index contributed by atoms with van der Waals surface area (Å²) in [5, 5.41) is 12.4. The lowest BCUT2D eigenvalue weighted by atomic mass is 10.1. The maximum atomic E-state index is 12.0.